The summed E-state index contributed by atoms with van der Waals surface area (Å²) in [6.07, 6.45) is 4.24. The fourth-order valence-electron chi connectivity index (χ4n) is 2.42. The molecule has 108 valence electrons. The molecule has 1 saturated carbocycles. The number of halogens is 2. The van der Waals surface area contributed by atoms with Gasteiger partial charge in [0.1, 0.15) is 5.76 Å². The van der Waals surface area contributed by atoms with Crippen molar-refractivity contribution in [3.8, 4) is 0 Å². The lowest BCUT2D eigenvalue weighted by Crippen LogP contribution is -2.34. The third-order valence-corrected chi connectivity index (χ3v) is 6.91. The molecule has 20 heavy (non-hydrogen) atoms. The number of furan rings is 1. The largest absolute Gasteiger partial charge is 0.468 e. The van der Waals surface area contributed by atoms with Gasteiger partial charge in [0.2, 0.25) is 0 Å². The highest BCUT2D eigenvalue weighted by Gasteiger charge is 2.35. The molecule has 0 bridgehead atoms. The molecule has 0 aliphatic heterocycles. The second-order valence-electron chi connectivity index (χ2n) is 5.00. The topological polar surface area (TPSA) is 42.4 Å². The van der Waals surface area contributed by atoms with Crippen molar-refractivity contribution in [2.75, 3.05) is 6.54 Å². The highest BCUT2D eigenvalue weighted by atomic mass is 79.9. The average molecular weight is 420 g/mol. The third-order valence-electron chi connectivity index (χ3n) is 3.55. The summed E-state index contributed by atoms with van der Waals surface area (Å²) in [6.45, 7) is 1.45. The number of rotatable bonds is 6. The quantitative estimate of drug-likeness (QED) is 0.747. The van der Waals surface area contributed by atoms with Crippen LogP contribution in [0.2, 0.25) is 0 Å². The van der Waals surface area contributed by atoms with E-state index in [2.05, 4.69) is 42.8 Å². The molecule has 0 spiro atoms. The van der Waals surface area contributed by atoms with Crippen molar-refractivity contribution in [3.05, 3.63) is 43.4 Å². The van der Waals surface area contributed by atoms with Crippen molar-refractivity contribution >= 4 is 43.2 Å². The van der Waals surface area contributed by atoms with E-state index in [1.165, 1.54) is 17.7 Å². The lowest BCUT2D eigenvalue weighted by atomic mass is 10.2. The van der Waals surface area contributed by atoms with Crippen LogP contribution in [0.4, 0.5) is 0 Å². The van der Waals surface area contributed by atoms with Gasteiger partial charge < -0.3 is 10.2 Å². The van der Waals surface area contributed by atoms with Crippen LogP contribution in [0.1, 0.15) is 29.5 Å². The highest BCUT2D eigenvalue weighted by molar-refractivity contribution is 9.13. The molecule has 3 rings (SSSR count). The molecule has 3 nitrogen and oxygen atoms in total. The molecule has 1 aliphatic rings. The zero-order chi connectivity index (χ0) is 14.1. The first kappa shape index (κ1) is 14.8. The Labute approximate surface area is 139 Å². The number of thiophene rings is 1. The molecule has 0 radical (unpaired) electrons. The van der Waals surface area contributed by atoms with E-state index in [-0.39, 0.29) is 6.04 Å². The number of hydrogen-bond donors (Lipinski definition) is 1. The zero-order valence-electron chi connectivity index (χ0n) is 10.9. The lowest BCUT2D eigenvalue weighted by Gasteiger charge is -2.29. The van der Waals surface area contributed by atoms with Crippen molar-refractivity contribution in [3.63, 3.8) is 0 Å². The van der Waals surface area contributed by atoms with Gasteiger partial charge >= 0.3 is 0 Å². The molecule has 6 heteroatoms. The minimum atomic E-state index is 0.250. The summed E-state index contributed by atoms with van der Waals surface area (Å²) in [5.74, 6) is 1.00. The van der Waals surface area contributed by atoms with Gasteiger partial charge in [0.15, 0.2) is 0 Å². The highest BCUT2D eigenvalue weighted by Crippen LogP contribution is 2.41. The van der Waals surface area contributed by atoms with Crippen LogP contribution in [0.25, 0.3) is 0 Å². The molecule has 1 atom stereocenters. The van der Waals surface area contributed by atoms with E-state index >= 15 is 0 Å². The fraction of sp³-hybridized carbons (Fsp3) is 0.429. The Bertz CT molecular complexity index is 546. The molecule has 0 aromatic carbocycles. The van der Waals surface area contributed by atoms with Crippen LogP contribution in [0.5, 0.6) is 0 Å². The molecule has 2 N–H and O–H groups in total. The summed E-state index contributed by atoms with van der Waals surface area (Å²) in [7, 11) is 0. The first-order valence-corrected chi connectivity index (χ1v) is 9.02. The molecule has 1 unspecified atom stereocenters. The first-order chi connectivity index (χ1) is 9.69. The Morgan fingerprint density at radius 3 is 2.75 bits per heavy atom. The van der Waals surface area contributed by atoms with Crippen LogP contribution in [0.3, 0.4) is 0 Å². The van der Waals surface area contributed by atoms with Gasteiger partial charge in [-0.15, -0.1) is 11.3 Å². The molecule has 0 saturated heterocycles. The molecule has 2 aromatic heterocycles. The summed E-state index contributed by atoms with van der Waals surface area (Å²) in [4.78, 5) is 3.77. The van der Waals surface area contributed by atoms with Gasteiger partial charge in [-0.05, 0) is 62.9 Å². The molecule has 2 aromatic rings. The number of nitrogens with two attached hydrogens (primary N) is 1. The molecular formula is C14H16Br2N2OS. The van der Waals surface area contributed by atoms with Crippen molar-refractivity contribution in [2.24, 2.45) is 5.73 Å². The Morgan fingerprint density at radius 1 is 1.45 bits per heavy atom. The van der Waals surface area contributed by atoms with Crippen molar-refractivity contribution in [2.45, 2.75) is 31.5 Å². The summed E-state index contributed by atoms with van der Waals surface area (Å²) >= 11 is 8.88. The van der Waals surface area contributed by atoms with Crippen LogP contribution in [0, 0.1) is 0 Å². The maximum absolute atomic E-state index is 6.06. The molecular weight excluding hydrogens is 404 g/mol. The lowest BCUT2D eigenvalue weighted by molar-refractivity contribution is 0.170. The molecule has 1 aliphatic carbocycles. The SMILES string of the molecule is NCC(c1cc(Br)c(Br)s1)N(Cc1ccco1)C1CC1. The van der Waals surface area contributed by atoms with Gasteiger partial charge in [-0.2, -0.15) is 0 Å². The van der Waals surface area contributed by atoms with E-state index < -0.39 is 0 Å². The monoisotopic (exact) mass is 418 g/mol. The maximum Gasteiger partial charge on any atom is 0.117 e. The smallest absolute Gasteiger partial charge is 0.117 e. The molecule has 0 amide bonds. The van der Waals surface area contributed by atoms with Crippen molar-refractivity contribution < 1.29 is 4.42 Å². The van der Waals surface area contributed by atoms with E-state index in [1.54, 1.807) is 17.6 Å². The van der Waals surface area contributed by atoms with E-state index in [1.807, 2.05) is 12.1 Å². The summed E-state index contributed by atoms with van der Waals surface area (Å²) in [5.41, 5.74) is 6.06. The number of hydrogen-bond acceptors (Lipinski definition) is 4. The second kappa shape index (κ2) is 6.32. The van der Waals surface area contributed by atoms with Gasteiger partial charge in [-0.3, -0.25) is 4.90 Å². The van der Waals surface area contributed by atoms with Gasteiger partial charge in [-0.1, -0.05) is 0 Å². The Balaban J connectivity index is 1.84. The molecule has 2 heterocycles. The standard InChI is InChI=1S/C14H16Br2N2OS/c15-11-6-13(20-14(11)16)12(7-17)18(9-3-4-9)8-10-2-1-5-19-10/h1-2,5-6,9,12H,3-4,7-8,17H2. The summed E-state index contributed by atoms with van der Waals surface area (Å²) < 4.78 is 7.73. The summed E-state index contributed by atoms with van der Waals surface area (Å²) in [6, 6.07) is 7.02. The predicted octanol–water partition coefficient (Wildman–Crippen LogP) is 4.53. The Kier molecular flexibility index (Phi) is 4.67. The minimum absolute atomic E-state index is 0.250. The van der Waals surface area contributed by atoms with E-state index in [0.717, 1.165) is 20.6 Å². The second-order valence-corrected chi connectivity index (χ2v) is 8.26. The minimum Gasteiger partial charge on any atom is -0.468 e. The van der Waals surface area contributed by atoms with Crippen molar-refractivity contribution in [1.29, 1.82) is 0 Å². The zero-order valence-corrected chi connectivity index (χ0v) is 14.9. The number of nitrogens with zero attached hydrogens (tertiary/aromatic N) is 1. The molecule has 1 fully saturated rings. The van der Waals surface area contributed by atoms with Crippen LogP contribution in [0.15, 0.2) is 37.1 Å². The van der Waals surface area contributed by atoms with E-state index in [4.69, 9.17) is 10.2 Å². The summed E-state index contributed by atoms with van der Waals surface area (Å²) in [5, 5.41) is 0. The normalized spacial score (nSPS) is 16.8. The first-order valence-electron chi connectivity index (χ1n) is 6.62. The van der Waals surface area contributed by atoms with Gasteiger partial charge in [0.25, 0.3) is 0 Å². The van der Waals surface area contributed by atoms with Gasteiger partial charge in [0, 0.05) is 21.9 Å². The predicted molar refractivity (Wildman–Crippen MR) is 88.8 cm³/mol. The van der Waals surface area contributed by atoms with Gasteiger partial charge in [-0.25, -0.2) is 0 Å². The van der Waals surface area contributed by atoms with Gasteiger partial charge in [0.05, 0.1) is 22.6 Å². The van der Waals surface area contributed by atoms with Crippen molar-refractivity contribution in [1.82, 2.24) is 4.90 Å². The Morgan fingerprint density at radius 2 is 2.25 bits per heavy atom. The van der Waals surface area contributed by atoms with E-state index in [0.29, 0.717) is 12.6 Å². The average Bonchev–Trinajstić information content (AvgIpc) is 3.05. The van der Waals surface area contributed by atoms with Crippen LogP contribution in [-0.2, 0) is 6.54 Å². The maximum atomic E-state index is 6.06. The van der Waals surface area contributed by atoms with Crippen LogP contribution in [-0.4, -0.2) is 17.5 Å². The Hall–Kier alpha value is -0.140. The van der Waals surface area contributed by atoms with E-state index in [9.17, 15) is 0 Å². The van der Waals surface area contributed by atoms with Crippen LogP contribution >= 0.6 is 43.2 Å². The fourth-order valence-corrected chi connectivity index (χ4v) is 4.65. The third kappa shape index (κ3) is 3.20. The van der Waals surface area contributed by atoms with Crippen LogP contribution < -0.4 is 5.73 Å².